The van der Waals surface area contributed by atoms with Crippen LogP contribution in [0.2, 0.25) is 0 Å². The molecule has 0 saturated heterocycles. The fourth-order valence-electron chi connectivity index (χ4n) is 2.68. The van der Waals surface area contributed by atoms with E-state index in [2.05, 4.69) is 16.7 Å². The molecule has 2 N–H and O–H groups in total. The molecule has 1 atom stereocenters. The van der Waals surface area contributed by atoms with Crippen LogP contribution in [-0.2, 0) is 4.74 Å². The molecule has 1 aromatic carbocycles. The van der Waals surface area contributed by atoms with E-state index < -0.39 is 24.1 Å². The zero-order valence-corrected chi connectivity index (χ0v) is 14.8. The average molecular weight is 356 g/mol. The van der Waals surface area contributed by atoms with Gasteiger partial charge in [0.1, 0.15) is 6.04 Å². The lowest BCUT2D eigenvalue weighted by Gasteiger charge is -2.35. The first-order chi connectivity index (χ1) is 12.4. The number of ether oxygens (including phenoxy) is 1. The Hall–Kier alpha value is -3.34. The first kappa shape index (κ1) is 19.0. The van der Waals surface area contributed by atoms with E-state index in [1.54, 1.807) is 25.1 Å². The van der Waals surface area contributed by atoms with E-state index in [0.717, 1.165) is 4.90 Å². The van der Waals surface area contributed by atoms with Gasteiger partial charge in [-0.15, -0.1) is 0 Å². The zero-order chi connectivity index (χ0) is 19.3. The molecule has 0 aromatic heterocycles. The van der Waals surface area contributed by atoms with Gasteiger partial charge in [0.2, 0.25) is 0 Å². The van der Waals surface area contributed by atoms with E-state index in [-0.39, 0.29) is 11.1 Å². The summed E-state index contributed by atoms with van der Waals surface area (Å²) in [6.45, 7) is 3.87. The van der Waals surface area contributed by atoms with Crippen LogP contribution in [-0.4, -0.2) is 36.6 Å². The van der Waals surface area contributed by atoms with Crippen LogP contribution < -0.4 is 10.6 Å². The Morgan fingerprint density at radius 2 is 2.15 bits per heavy atom. The van der Waals surface area contributed by atoms with Gasteiger partial charge in [-0.05, 0) is 31.0 Å². The molecule has 8 heteroatoms. The summed E-state index contributed by atoms with van der Waals surface area (Å²) in [4.78, 5) is 37.7. The smallest absolute Gasteiger partial charge is 0.337 e. The van der Waals surface area contributed by atoms with Crippen LogP contribution >= 0.6 is 0 Å². The summed E-state index contributed by atoms with van der Waals surface area (Å²) in [5.41, 5.74) is 1.31. The quantitative estimate of drug-likeness (QED) is 0.805. The maximum Gasteiger partial charge on any atom is 0.337 e. The van der Waals surface area contributed by atoms with Crippen LogP contribution in [0.3, 0.4) is 0 Å². The van der Waals surface area contributed by atoms with Gasteiger partial charge in [-0.1, -0.05) is 19.1 Å². The highest BCUT2D eigenvalue weighted by molar-refractivity contribution is 5.97. The van der Waals surface area contributed by atoms with E-state index in [4.69, 9.17) is 4.74 Å². The average Bonchev–Trinajstić information content (AvgIpc) is 2.64. The number of carbonyl (C=O) groups excluding carboxylic acids is 3. The molecule has 1 aliphatic heterocycles. The highest BCUT2D eigenvalue weighted by atomic mass is 16.5. The number of methoxy groups -OCH3 is 1. The Morgan fingerprint density at radius 1 is 1.42 bits per heavy atom. The minimum absolute atomic E-state index is 0.221. The number of benzene rings is 1. The van der Waals surface area contributed by atoms with E-state index >= 15 is 0 Å². The van der Waals surface area contributed by atoms with E-state index in [1.807, 2.05) is 6.92 Å². The molecule has 1 aliphatic rings. The number of imide groups is 1. The molecule has 26 heavy (non-hydrogen) atoms. The Balaban J connectivity index is 2.55. The molecule has 1 unspecified atom stereocenters. The summed E-state index contributed by atoms with van der Waals surface area (Å²) in [6, 6.07) is 6.21. The van der Waals surface area contributed by atoms with Crippen molar-refractivity contribution < 1.29 is 19.1 Å². The van der Waals surface area contributed by atoms with Crippen LogP contribution in [0, 0.1) is 11.3 Å². The number of rotatable bonds is 4. The van der Waals surface area contributed by atoms with Gasteiger partial charge in [0.05, 0.1) is 24.3 Å². The number of urea groups is 2. The van der Waals surface area contributed by atoms with Gasteiger partial charge < -0.3 is 15.4 Å². The first-order valence-electron chi connectivity index (χ1n) is 8.11. The third kappa shape index (κ3) is 3.67. The molecule has 0 spiro atoms. The Morgan fingerprint density at radius 3 is 2.77 bits per heavy atom. The number of nitrogens with one attached hydrogen (secondary N) is 2. The van der Waals surface area contributed by atoms with E-state index in [1.165, 1.54) is 13.2 Å². The molecule has 4 amide bonds. The van der Waals surface area contributed by atoms with E-state index in [9.17, 15) is 19.6 Å². The number of hydrogen-bond donors (Lipinski definition) is 2. The second kappa shape index (κ2) is 8.16. The summed E-state index contributed by atoms with van der Waals surface area (Å²) in [6.07, 6.45) is 0.698. The number of hydrogen-bond acceptors (Lipinski definition) is 5. The van der Waals surface area contributed by atoms with Crippen molar-refractivity contribution in [3.63, 3.8) is 0 Å². The summed E-state index contributed by atoms with van der Waals surface area (Å²) in [5, 5.41) is 14.7. The van der Waals surface area contributed by atoms with Gasteiger partial charge in [-0.2, -0.15) is 5.26 Å². The number of nitrogens with zero attached hydrogens (tertiary/aromatic N) is 2. The lowest BCUT2D eigenvalue weighted by Crippen LogP contribution is -2.53. The summed E-state index contributed by atoms with van der Waals surface area (Å²) >= 11 is 0. The molecule has 2 rings (SSSR count). The molecule has 0 saturated carbocycles. The van der Waals surface area contributed by atoms with Crippen molar-refractivity contribution in [2.75, 3.05) is 13.7 Å². The third-order valence-corrected chi connectivity index (χ3v) is 3.94. The van der Waals surface area contributed by atoms with Crippen molar-refractivity contribution in [3.8, 4) is 6.07 Å². The molecule has 0 aliphatic carbocycles. The Kier molecular flexibility index (Phi) is 5.96. The maximum absolute atomic E-state index is 12.5. The Labute approximate surface area is 151 Å². The lowest BCUT2D eigenvalue weighted by molar-refractivity contribution is 0.0600. The predicted molar refractivity (Wildman–Crippen MR) is 92.9 cm³/mol. The number of carbonyl (C=O) groups is 3. The topological polar surface area (TPSA) is 112 Å². The van der Waals surface area contributed by atoms with Crippen molar-refractivity contribution in [2.24, 2.45) is 0 Å². The molecule has 136 valence electrons. The van der Waals surface area contributed by atoms with Gasteiger partial charge in [0, 0.05) is 12.2 Å². The standard InChI is InChI=1S/C18H20N4O4/c1-4-8-20-17(24)22-15(14(10-19)11(2)21-18(22)25)12-6-5-7-13(9-12)16(23)26-3/h5-7,9,15H,4,8H2,1-3H3,(H,20,24)(H,21,25). The van der Waals surface area contributed by atoms with Crippen molar-refractivity contribution in [2.45, 2.75) is 26.3 Å². The maximum atomic E-state index is 12.5. The molecular weight excluding hydrogens is 336 g/mol. The van der Waals surface area contributed by atoms with Gasteiger partial charge in [0.25, 0.3) is 0 Å². The van der Waals surface area contributed by atoms with Crippen LogP contribution in [0.4, 0.5) is 9.59 Å². The van der Waals surface area contributed by atoms with Gasteiger partial charge in [-0.25, -0.2) is 19.3 Å². The lowest BCUT2D eigenvalue weighted by atomic mass is 9.93. The van der Waals surface area contributed by atoms with Crippen molar-refractivity contribution >= 4 is 18.0 Å². The zero-order valence-electron chi connectivity index (χ0n) is 14.8. The van der Waals surface area contributed by atoms with Crippen LogP contribution in [0.1, 0.15) is 42.2 Å². The summed E-state index contributed by atoms with van der Waals surface area (Å²) < 4.78 is 4.71. The highest BCUT2D eigenvalue weighted by Gasteiger charge is 2.38. The van der Waals surface area contributed by atoms with Crippen LogP contribution in [0.15, 0.2) is 35.5 Å². The SMILES string of the molecule is CCCNC(=O)N1C(=O)NC(C)=C(C#N)C1c1cccc(C(=O)OC)c1. The highest BCUT2D eigenvalue weighted by Crippen LogP contribution is 2.33. The van der Waals surface area contributed by atoms with Gasteiger partial charge in [0.15, 0.2) is 0 Å². The molecule has 0 fully saturated rings. The molecule has 1 heterocycles. The second-order valence-electron chi connectivity index (χ2n) is 5.70. The number of nitriles is 1. The minimum atomic E-state index is -0.935. The normalized spacial score (nSPS) is 16.6. The number of allylic oxidation sites excluding steroid dienone is 1. The monoisotopic (exact) mass is 356 g/mol. The fraction of sp³-hybridized carbons (Fsp3) is 0.333. The van der Waals surface area contributed by atoms with Crippen molar-refractivity contribution in [1.82, 2.24) is 15.5 Å². The van der Waals surface area contributed by atoms with Crippen LogP contribution in [0.25, 0.3) is 0 Å². The first-order valence-corrected chi connectivity index (χ1v) is 8.11. The fourth-order valence-corrected chi connectivity index (χ4v) is 2.68. The van der Waals surface area contributed by atoms with Crippen molar-refractivity contribution in [1.29, 1.82) is 5.26 Å². The van der Waals surface area contributed by atoms with Crippen LogP contribution in [0.5, 0.6) is 0 Å². The van der Waals surface area contributed by atoms with Gasteiger partial charge >= 0.3 is 18.0 Å². The second-order valence-corrected chi connectivity index (χ2v) is 5.70. The van der Waals surface area contributed by atoms with E-state index in [0.29, 0.717) is 24.2 Å². The molecule has 0 bridgehead atoms. The summed E-state index contributed by atoms with van der Waals surface area (Å²) in [5.74, 6) is -0.548. The minimum Gasteiger partial charge on any atom is -0.465 e. The molecule has 1 aromatic rings. The molecule has 0 radical (unpaired) electrons. The van der Waals surface area contributed by atoms with Crippen molar-refractivity contribution in [3.05, 3.63) is 46.7 Å². The predicted octanol–water partition coefficient (Wildman–Crippen LogP) is 2.46. The molecular formula is C18H20N4O4. The largest absolute Gasteiger partial charge is 0.465 e. The number of esters is 1. The molecule has 8 nitrogen and oxygen atoms in total. The number of amides is 4. The summed E-state index contributed by atoms with van der Waals surface area (Å²) in [7, 11) is 1.26. The van der Waals surface area contributed by atoms with Gasteiger partial charge in [-0.3, -0.25) is 0 Å². The third-order valence-electron chi connectivity index (χ3n) is 3.94. The Bertz CT molecular complexity index is 810.